The summed E-state index contributed by atoms with van der Waals surface area (Å²) in [5, 5.41) is 5.62. The monoisotopic (exact) mass is 549 g/mol. The number of hydrogen-bond donors (Lipinski definition) is 2. The van der Waals surface area contributed by atoms with Gasteiger partial charge in [-0.1, -0.05) is 65.1 Å². The zero-order chi connectivity index (χ0) is 23.9. The van der Waals surface area contributed by atoms with Gasteiger partial charge in [0, 0.05) is 10.2 Å². The van der Waals surface area contributed by atoms with Gasteiger partial charge in [-0.2, -0.15) is 0 Å². The van der Waals surface area contributed by atoms with Crippen molar-refractivity contribution in [2.24, 2.45) is 17.3 Å². The van der Waals surface area contributed by atoms with Crippen molar-refractivity contribution in [3.05, 3.63) is 63.6 Å². The summed E-state index contributed by atoms with van der Waals surface area (Å²) >= 11 is 15.1. The average Bonchev–Trinajstić information content (AvgIpc) is 3.28. The van der Waals surface area contributed by atoms with Crippen LogP contribution in [0.2, 0.25) is 0 Å². The second-order valence-electron chi connectivity index (χ2n) is 8.77. The number of fused-ring (bicyclic) bond motifs is 1. The zero-order valence-corrected chi connectivity index (χ0v) is 21.0. The smallest absolute Gasteiger partial charge is 0.248 e. The number of para-hydroxylation sites is 2. The maximum Gasteiger partial charge on any atom is 0.248 e. The first-order valence-corrected chi connectivity index (χ1v) is 12.0. The molecule has 3 amide bonds. The van der Waals surface area contributed by atoms with Crippen LogP contribution in [-0.4, -0.2) is 23.8 Å². The lowest BCUT2D eigenvalue weighted by molar-refractivity contribution is -0.127. The number of amides is 3. The van der Waals surface area contributed by atoms with Crippen LogP contribution in [0.4, 0.5) is 17.1 Å². The topological polar surface area (TPSA) is 78.5 Å². The quantitative estimate of drug-likeness (QED) is 0.499. The minimum Gasteiger partial charge on any atom is -0.326 e. The van der Waals surface area contributed by atoms with Crippen LogP contribution in [0.25, 0.3) is 0 Å². The van der Waals surface area contributed by atoms with E-state index in [-0.39, 0.29) is 34.1 Å². The lowest BCUT2D eigenvalue weighted by atomic mass is 10.0. The number of nitrogens with one attached hydrogen (secondary N) is 2. The van der Waals surface area contributed by atoms with E-state index in [0.717, 1.165) is 4.47 Å². The van der Waals surface area contributed by atoms with E-state index in [1.165, 1.54) is 4.90 Å². The summed E-state index contributed by atoms with van der Waals surface area (Å²) in [6.45, 7) is 3.91. The van der Waals surface area contributed by atoms with Crippen molar-refractivity contribution in [1.82, 2.24) is 0 Å². The number of allylic oxidation sites excluding steroid dienone is 1. The first-order valence-electron chi connectivity index (χ1n) is 10.4. The van der Waals surface area contributed by atoms with E-state index in [2.05, 4.69) is 26.6 Å². The Bertz CT molecular complexity index is 1150. The summed E-state index contributed by atoms with van der Waals surface area (Å²) < 4.78 is 0.985. The molecule has 0 bridgehead atoms. The van der Waals surface area contributed by atoms with Gasteiger partial charge < -0.3 is 10.6 Å². The molecule has 0 saturated heterocycles. The molecule has 172 valence electrons. The lowest BCUT2D eigenvalue weighted by Crippen LogP contribution is -2.53. The Kier molecular flexibility index (Phi) is 6.58. The molecule has 2 aromatic carbocycles. The van der Waals surface area contributed by atoms with Gasteiger partial charge in [0.2, 0.25) is 17.7 Å². The molecule has 1 aliphatic carbocycles. The van der Waals surface area contributed by atoms with Crippen molar-refractivity contribution < 1.29 is 14.4 Å². The van der Waals surface area contributed by atoms with E-state index in [1.54, 1.807) is 54.6 Å². The van der Waals surface area contributed by atoms with Crippen LogP contribution >= 0.6 is 39.1 Å². The summed E-state index contributed by atoms with van der Waals surface area (Å²) in [5.41, 5.74) is 1.31. The van der Waals surface area contributed by atoms with Gasteiger partial charge in [0.15, 0.2) is 0 Å². The molecule has 0 radical (unpaired) electrons. The van der Waals surface area contributed by atoms with E-state index in [1.807, 2.05) is 13.8 Å². The molecule has 2 aromatic rings. The molecule has 6 nitrogen and oxygen atoms in total. The molecule has 0 unspecified atom stereocenters. The third-order valence-electron chi connectivity index (χ3n) is 6.26. The van der Waals surface area contributed by atoms with Crippen LogP contribution in [0.1, 0.15) is 20.3 Å². The molecule has 1 aliphatic heterocycles. The van der Waals surface area contributed by atoms with Crippen molar-refractivity contribution >= 4 is 73.9 Å². The minimum absolute atomic E-state index is 0.102. The van der Waals surface area contributed by atoms with Gasteiger partial charge in [0.05, 0.1) is 23.7 Å². The highest BCUT2D eigenvalue weighted by molar-refractivity contribution is 9.10. The number of nitrogens with zero attached hydrogens (tertiary/aromatic N) is 1. The molecule has 2 N–H and O–H groups in total. The maximum atomic E-state index is 13.8. The first-order chi connectivity index (χ1) is 15.6. The lowest BCUT2D eigenvalue weighted by Gasteiger charge is -2.36. The zero-order valence-electron chi connectivity index (χ0n) is 17.9. The predicted octanol–water partition coefficient (Wildman–Crippen LogP) is 5.72. The third-order valence-corrected chi connectivity index (χ3v) is 7.04. The summed E-state index contributed by atoms with van der Waals surface area (Å²) in [6, 6.07) is 13.2. The minimum atomic E-state index is -0.990. The second kappa shape index (κ2) is 9.12. The van der Waals surface area contributed by atoms with E-state index in [4.69, 9.17) is 23.2 Å². The summed E-state index contributed by atoms with van der Waals surface area (Å²) in [7, 11) is 0. The summed E-state index contributed by atoms with van der Waals surface area (Å²) in [4.78, 5) is 41.1. The van der Waals surface area contributed by atoms with E-state index >= 15 is 0 Å². The van der Waals surface area contributed by atoms with Crippen molar-refractivity contribution in [3.8, 4) is 0 Å². The molecular weight excluding hydrogens is 529 g/mol. The first kappa shape index (κ1) is 23.8. The molecule has 9 heteroatoms. The number of carbonyl (C=O) groups excluding carboxylic acids is 3. The summed E-state index contributed by atoms with van der Waals surface area (Å²) in [5.74, 6) is -1.59. The molecule has 33 heavy (non-hydrogen) atoms. The standard InChI is InChI=1S/C24H22BrCl2N3O3/c1-24(2)15(11-19(26)27)21(24)23(33)30-17-6-4-3-5-16(17)29-22(32)18(30)12-20(31)28-14-9-7-13(25)8-10-14/h3-11,15,18,21H,12H2,1-2H3,(H,28,31)(H,29,32)/t15-,18-,21+/m0/s1. The molecule has 1 saturated carbocycles. The fraction of sp³-hybridized carbons (Fsp3) is 0.292. The highest BCUT2D eigenvalue weighted by Crippen LogP contribution is 2.61. The summed E-state index contributed by atoms with van der Waals surface area (Å²) in [6.07, 6.45) is 1.47. The van der Waals surface area contributed by atoms with Gasteiger partial charge in [-0.15, -0.1) is 0 Å². The van der Waals surface area contributed by atoms with Crippen molar-refractivity contribution in [2.75, 3.05) is 15.5 Å². The Morgan fingerprint density at radius 3 is 2.48 bits per heavy atom. The van der Waals surface area contributed by atoms with Crippen molar-refractivity contribution in [1.29, 1.82) is 0 Å². The van der Waals surface area contributed by atoms with Crippen LogP contribution in [-0.2, 0) is 14.4 Å². The maximum absolute atomic E-state index is 13.8. The van der Waals surface area contributed by atoms with Crippen LogP contribution in [0, 0.1) is 17.3 Å². The SMILES string of the molecule is CC1(C)[C@@H](C=C(Cl)Cl)[C@@H]1C(=O)N1c2ccccc2NC(=O)[C@@H]1CC(=O)Nc1ccc(Br)cc1. The fourth-order valence-electron chi connectivity index (χ4n) is 4.41. The predicted molar refractivity (Wildman–Crippen MR) is 134 cm³/mol. The molecule has 1 heterocycles. The average molecular weight is 551 g/mol. The number of halogens is 3. The Labute approximate surface area is 210 Å². The van der Waals surface area contributed by atoms with E-state index < -0.39 is 17.9 Å². The Hall–Kier alpha value is -2.35. The Morgan fingerprint density at radius 1 is 1.15 bits per heavy atom. The Balaban J connectivity index is 1.63. The number of carbonyl (C=O) groups is 3. The molecule has 0 spiro atoms. The molecule has 2 aliphatic rings. The van der Waals surface area contributed by atoms with E-state index in [9.17, 15) is 14.4 Å². The molecule has 1 fully saturated rings. The molecule has 0 aromatic heterocycles. The molecule has 4 rings (SSSR count). The third kappa shape index (κ3) is 4.81. The number of anilines is 3. The van der Waals surface area contributed by atoms with E-state index in [0.29, 0.717) is 17.1 Å². The number of benzene rings is 2. The van der Waals surface area contributed by atoms with Crippen molar-refractivity contribution in [3.63, 3.8) is 0 Å². The fourth-order valence-corrected chi connectivity index (χ4v) is 4.95. The van der Waals surface area contributed by atoms with Gasteiger partial charge in [-0.05, 0) is 53.8 Å². The van der Waals surface area contributed by atoms with Crippen LogP contribution < -0.4 is 15.5 Å². The highest BCUT2D eigenvalue weighted by Gasteiger charge is 2.62. The van der Waals surface area contributed by atoms with Crippen LogP contribution in [0.5, 0.6) is 0 Å². The van der Waals surface area contributed by atoms with Gasteiger partial charge in [-0.25, -0.2) is 0 Å². The second-order valence-corrected chi connectivity index (χ2v) is 10.7. The van der Waals surface area contributed by atoms with Gasteiger partial charge in [-0.3, -0.25) is 19.3 Å². The number of rotatable bonds is 5. The van der Waals surface area contributed by atoms with Gasteiger partial charge in [0.1, 0.15) is 10.5 Å². The number of hydrogen-bond acceptors (Lipinski definition) is 3. The van der Waals surface area contributed by atoms with Crippen molar-refractivity contribution in [2.45, 2.75) is 26.3 Å². The largest absolute Gasteiger partial charge is 0.326 e. The Morgan fingerprint density at radius 2 is 1.82 bits per heavy atom. The highest BCUT2D eigenvalue weighted by atomic mass is 79.9. The van der Waals surface area contributed by atoms with Crippen LogP contribution in [0.3, 0.4) is 0 Å². The van der Waals surface area contributed by atoms with Gasteiger partial charge in [0.25, 0.3) is 0 Å². The van der Waals surface area contributed by atoms with Gasteiger partial charge >= 0.3 is 0 Å². The van der Waals surface area contributed by atoms with Crippen LogP contribution in [0.15, 0.2) is 63.6 Å². The molecular formula is C24H22BrCl2N3O3. The molecule has 3 atom stereocenters. The normalized spacial score (nSPS) is 22.6.